The Morgan fingerprint density at radius 2 is 2.00 bits per heavy atom. The highest BCUT2D eigenvalue weighted by Gasteiger charge is 2.55. The second-order valence-electron chi connectivity index (χ2n) is 5.84. The molecular weight excluding hydrogens is 254 g/mol. The number of likely N-dealkylation sites (tertiary alicyclic amines) is 1. The van der Waals surface area contributed by atoms with Crippen LogP contribution in [0.15, 0.2) is 30.3 Å². The Balaban J connectivity index is 1.46. The van der Waals surface area contributed by atoms with Crippen molar-refractivity contribution in [2.45, 2.75) is 25.9 Å². The smallest absolute Gasteiger partial charge is 0.410 e. The zero-order chi connectivity index (χ0) is 14.0. The Labute approximate surface area is 118 Å². The molecule has 1 heterocycles. The van der Waals surface area contributed by atoms with Crippen LogP contribution in [0, 0.1) is 11.3 Å². The number of piperidine rings is 1. The van der Waals surface area contributed by atoms with E-state index in [1.54, 1.807) is 4.90 Å². The monoisotopic (exact) mass is 273 g/mol. The van der Waals surface area contributed by atoms with Crippen LogP contribution in [0.5, 0.6) is 0 Å². The average molecular weight is 273 g/mol. The number of nitrogens with zero attached hydrogens (tertiary/aromatic N) is 1. The minimum absolute atomic E-state index is 0.206. The molecule has 0 aromatic heterocycles. The highest BCUT2D eigenvalue weighted by molar-refractivity contribution is 5.68. The topological polar surface area (TPSA) is 46.6 Å². The van der Waals surface area contributed by atoms with Gasteiger partial charge in [-0.2, -0.15) is 0 Å². The maximum Gasteiger partial charge on any atom is 0.410 e. The van der Waals surface area contributed by atoms with Crippen molar-refractivity contribution >= 4 is 12.4 Å². The van der Waals surface area contributed by atoms with Crippen LogP contribution in [0.1, 0.15) is 24.8 Å². The van der Waals surface area contributed by atoms with E-state index in [2.05, 4.69) is 0 Å². The second-order valence-corrected chi connectivity index (χ2v) is 5.84. The quantitative estimate of drug-likeness (QED) is 0.795. The number of carbonyl (C=O) groups is 2. The van der Waals surface area contributed by atoms with Crippen LogP contribution in [0.2, 0.25) is 0 Å². The van der Waals surface area contributed by atoms with Crippen LogP contribution in [-0.2, 0) is 16.1 Å². The molecule has 1 saturated carbocycles. The van der Waals surface area contributed by atoms with E-state index in [-0.39, 0.29) is 17.4 Å². The molecule has 4 nitrogen and oxygen atoms in total. The molecular formula is C16H19NO3. The van der Waals surface area contributed by atoms with Crippen molar-refractivity contribution in [1.82, 2.24) is 4.90 Å². The molecule has 0 bridgehead atoms. The predicted octanol–water partition coefficient (Wildman–Crippen LogP) is 2.62. The van der Waals surface area contributed by atoms with Crippen molar-refractivity contribution in [3.63, 3.8) is 0 Å². The highest BCUT2D eigenvalue weighted by atomic mass is 16.6. The number of hydrogen-bond acceptors (Lipinski definition) is 3. The van der Waals surface area contributed by atoms with Crippen molar-refractivity contribution in [1.29, 1.82) is 0 Å². The molecule has 20 heavy (non-hydrogen) atoms. The van der Waals surface area contributed by atoms with Crippen LogP contribution in [0.4, 0.5) is 4.79 Å². The molecule has 1 atom stereocenters. The number of ether oxygens (including phenoxy) is 1. The number of aldehydes is 1. The molecule has 1 aliphatic carbocycles. The molecule has 0 radical (unpaired) electrons. The van der Waals surface area contributed by atoms with Crippen molar-refractivity contribution < 1.29 is 14.3 Å². The Bertz CT molecular complexity index is 492. The van der Waals surface area contributed by atoms with Gasteiger partial charge in [-0.3, -0.25) is 0 Å². The van der Waals surface area contributed by atoms with Gasteiger partial charge in [-0.25, -0.2) is 4.79 Å². The van der Waals surface area contributed by atoms with Crippen LogP contribution in [-0.4, -0.2) is 30.4 Å². The highest BCUT2D eigenvalue weighted by Crippen LogP contribution is 2.58. The van der Waals surface area contributed by atoms with Gasteiger partial charge in [0.1, 0.15) is 12.9 Å². The van der Waals surface area contributed by atoms with E-state index in [9.17, 15) is 9.59 Å². The molecule has 1 aliphatic heterocycles. The number of rotatable bonds is 3. The molecule has 2 aliphatic rings. The SMILES string of the molecule is O=C[C@@H]1CC12CCN(C(=O)OCc1ccccc1)CC2. The summed E-state index contributed by atoms with van der Waals surface area (Å²) in [6.07, 6.45) is 3.69. The van der Waals surface area contributed by atoms with Gasteiger partial charge in [0, 0.05) is 19.0 Å². The van der Waals surface area contributed by atoms with E-state index in [4.69, 9.17) is 4.74 Å². The van der Waals surface area contributed by atoms with E-state index < -0.39 is 0 Å². The van der Waals surface area contributed by atoms with Crippen LogP contribution >= 0.6 is 0 Å². The first kappa shape index (κ1) is 13.2. The second kappa shape index (κ2) is 5.27. The summed E-state index contributed by atoms with van der Waals surface area (Å²) < 4.78 is 5.33. The lowest BCUT2D eigenvalue weighted by Crippen LogP contribution is -2.39. The fourth-order valence-corrected chi connectivity index (χ4v) is 3.09. The summed E-state index contributed by atoms with van der Waals surface area (Å²) in [4.78, 5) is 24.6. The Kier molecular flexibility index (Phi) is 3.47. The number of amides is 1. The molecule has 1 aromatic rings. The predicted molar refractivity (Wildman–Crippen MR) is 74.0 cm³/mol. The van der Waals surface area contributed by atoms with Crippen molar-refractivity contribution in [2.75, 3.05) is 13.1 Å². The summed E-state index contributed by atoms with van der Waals surface area (Å²) in [5.41, 5.74) is 1.20. The zero-order valence-electron chi connectivity index (χ0n) is 11.5. The molecule has 1 amide bonds. The standard InChI is InChI=1S/C16H19NO3/c18-11-14-10-16(14)6-8-17(9-7-16)15(19)20-12-13-4-2-1-3-5-13/h1-5,11,14H,6-10,12H2/t14-/m0/s1. The van der Waals surface area contributed by atoms with Crippen LogP contribution in [0.25, 0.3) is 0 Å². The summed E-state index contributed by atoms with van der Waals surface area (Å²) in [7, 11) is 0. The van der Waals surface area contributed by atoms with Gasteiger partial charge in [-0.05, 0) is 30.2 Å². The van der Waals surface area contributed by atoms with Gasteiger partial charge in [-0.15, -0.1) is 0 Å². The molecule has 4 heteroatoms. The molecule has 1 saturated heterocycles. The molecule has 0 N–H and O–H groups in total. The number of benzene rings is 1. The molecule has 1 spiro atoms. The van der Waals surface area contributed by atoms with Crippen molar-refractivity contribution in [2.24, 2.45) is 11.3 Å². The third-order valence-electron chi connectivity index (χ3n) is 4.64. The lowest BCUT2D eigenvalue weighted by molar-refractivity contribution is -0.109. The molecule has 0 unspecified atom stereocenters. The number of carbonyl (C=O) groups excluding carboxylic acids is 2. The lowest BCUT2D eigenvalue weighted by Gasteiger charge is -2.31. The van der Waals surface area contributed by atoms with Crippen LogP contribution in [0.3, 0.4) is 0 Å². The molecule has 3 rings (SSSR count). The molecule has 2 fully saturated rings. The van der Waals surface area contributed by atoms with Gasteiger partial charge in [0.2, 0.25) is 0 Å². The number of hydrogen-bond donors (Lipinski definition) is 0. The van der Waals surface area contributed by atoms with Gasteiger partial charge < -0.3 is 14.4 Å². The fraction of sp³-hybridized carbons (Fsp3) is 0.500. The summed E-state index contributed by atoms with van der Waals surface area (Å²) in [6.45, 7) is 1.73. The van der Waals surface area contributed by atoms with Crippen molar-refractivity contribution in [3.8, 4) is 0 Å². The van der Waals surface area contributed by atoms with Gasteiger partial charge in [0.25, 0.3) is 0 Å². The van der Waals surface area contributed by atoms with E-state index >= 15 is 0 Å². The molecule has 106 valence electrons. The average Bonchev–Trinajstić information content (AvgIpc) is 3.19. The first-order valence-corrected chi connectivity index (χ1v) is 7.14. The minimum atomic E-state index is -0.244. The first-order valence-electron chi connectivity index (χ1n) is 7.14. The van der Waals surface area contributed by atoms with E-state index in [0.29, 0.717) is 19.7 Å². The van der Waals surface area contributed by atoms with Crippen LogP contribution < -0.4 is 0 Å². The maximum absolute atomic E-state index is 12.0. The molecule has 1 aromatic carbocycles. The Morgan fingerprint density at radius 3 is 2.60 bits per heavy atom. The normalized spacial score (nSPS) is 23.4. The zero-order valence-corrected chi connectivity index (χ0v) is 11.5. The summed E-state index contributed by atoms with van der Waals surface area (Å²) in [5, 5.41) is 0. The van der Waals surface area contributed by atoms with Gasteiger partial charge >= 0.3 is 6.09 Å². The summed E-state index contributed by atoms with van der Waals surface area (Å²) >= 11 is 0. The minimum Gasteiger partial charge on any atom is -0.445 e. The first-order chi connectivity index (χ1) is 9.73. The lowest BCUT2D eigenvalue weighted by atomic mass is 9.91. The third-order valence-corrected chi connectivity index (χ3v) is 4.64. The van der Waals surface area contributed by atoms with Gasteiger partial charge in [0.15, 0.2) is 0 Å². The third kappa shape index (κ3) is 2.55. The van der Waals surface area contributed by atoms with E-state index in [1.165, 1.54) is 0 Å². The van der Waals surface area contributed by atoms with Gasteiger partial charge in [-0.1, -0.05) is 30.3 Å². The van der Waals surface area contributed by atoms with Crippen molar-refractivity contribution in [3.05, 3.63) is 35.9 Å². The largest absolute Gasteiger partial charge is 0.445 e. The summed E-state index contributed by atoms with van der Waals surface area (Å²) in [5.74, 6) is 0.227. The maximum atomic E-state index is 12.0. The van der Waals surface area contributed by atoms with Gasteiger partial charge in [0.05, 0.1) is 0 Å². The fourth-order valence-electron chi connectivity index (χ4n) is 3.09. The van der Waals surface area contributed by atoms with E-state index in [0.717, 1.165) is 31.1 Å². The summed E-state index contributed by atoms with van der Waals surface area (Å²) in [6, 6.07) is 9.68. The Hall–Kier alpha value is -1.84. The Morgan fingerprint density at radius 1 is 1.30 bits per heavy atom. The van der Waals surface area contributed by atoms with E-state index in [1.807, 2.05) is 30.3 Å².